The van der Waals surface area contributed by atoms with Crippen molar-refractivity contribution in [3.63, 3.8) is 0 Å². The molecule has 0 bridgehead atoms. The van der Waals surface area contributed by atoms with Gasteiger partial charge >= 0.3 is 6.01 Å². The highest BCUT2D eigenvalue weighted by atomic mass is 16.7. The number of methoxy groups -OCH3 is 1. The third kappa shape index (κ3) is 3.80. The fraction of sp³-hybridized carbons (Fsp3) is 0.500. The Morgan fingerprint density at radius 2 is 1.96 bits per heavy atom. The molecule has 1 saturated carbocycles. The third-order valence-corrected chi connectivity index (χ3v) is 5.36. The van der Waals surface area contributed by atoms with E-state index in [2.05, 4.69) is 21.0 Å². The number of hydrogen-bond acceptors (Lipinski definition) is 7. The van der Waals surface area contributed by atoms with Gasteiger partial charge in [0.1, 0.15) is 11.9 Å². The first-order chi connectivity index (χ1) is 13.3. The van der Waals surface area contributed by atoms with Crippen LogP contribution in [0.2, 0.25) is 0 Å². The normalized spacial score (nSPS) is 17.3. The standard InChI is InChI=1S/C20H22N4O3/c1-25-20-23-18(11-21)22-19(24-20)15(14-5-3-2-4-6-14)9-13-7-8-16-17(10-13)27-12-26-16/h7-8,10,14-15H,2-6,9,12H2,1H3. The summed E-state index contributed by atoms with van der Waals surface area (Å²) in [5.74, 6) is 2.88. The van der Waals surface area contributed by atoms with Crippen molar-refractivity contribution in [2.75, 3.05) is 13.9 Å². The lowest BCUT2D eigenvalue weighted by atomic mass is 9.77. The minimum atomic E-state index is 0.100. The molecule has 0 saturated heterocycles. The van der Waals surface area contributed by atoms with E-state index in [0.717, 1.165) is 36.3 Å². The Kier molecular flexibility index (Phi) is 5.05. The lowest BCUT2D eigenvalue weighted by Crippen LogP contribution is -2.21. The zero-order chi connectivity index (χ0) is 18.6. The monoisotopic (exact) mass is 366 g/mol. The van der Waals surface area contributed by atoms with Crippen molar-refractivity contribution in [1.82, 2.24) is 15.0 Å². The second kappa shape index (κ2) is 7.78. The number of hydrogen-bond donors (Lipinski definition) is 0. The van der Waals surface area contributed by atoms with Crippen LogP contribution in [-0.2, 0) is 6.42 Å². The number of benzene rings is 1. The van der Waals surface area contributed by atoms with Crippen LogP contribution >= 0.6 is 0 Å². The minimum absolute atomic E-state index is 0.100. The van der Waals surface area contributed by atoms with E-state index in [-0.39, 0.29) is 24.5 Å². The van der Waals surface area contributed by atoms with Crippen LogP contribution in [0.4, 0.5) is 0 Å². The number of ether oxygens (including phenoxy) is 3. The molecule has 7 heteroatoms. The van der Waals surface area contributed by atoms with Gasteiger partial charge in [-0.05, 0) is 42.9 Å². The Morgan fingerprint density at radius 3 is 2.74 bits per heavy atom. The van der Waals surface area contributed by atoms with Gasteiger partial charge in [0, 0.05) is 5.92 Å². The number of aromatic nitrogens is 3. The number of nitrogens with zero attached hydrogens (tertiary/aromatic N) is 4. The van der Waals surface area contributed by atoms with Gasteiger partial charge in [-0.25, -0.2) is 4.98 Å². The molecule has 27 heavy (non-hydrogen) atoms. The first kappa shape index (κ1) is 17.5. The highest BCUT2D eigenvalue weighted by molar-refractivity contribution is 5.44. The fourth-order valence-electron chi connectivity index (χ4n) is 4.01. The van der Waals surface area contributed by atoms with E-state index in [9.17, 15) is 5.26 Å². The Labute approximate surface area is 158 Å². The summed E-state index contributed by atoms with van der Waals surface area (Å²) in [6.45, 7) is 0.265. The van der Waals surface area contributed by atoms with Gasteiger partial charge in [0.05, 0.1) is 7.11 Å². The van der Waals surface area contributed by atoms with Crippen LogP contribution < -0.4 is 14.2 Å². The van der Waals surface area contributed by atoms with Crippen molar-refractivity contribution in [2.45, 2.75) is 44.4 Å². The van der Waals surface area contributed by atoms with Crippen molar-refractivity contribution in [2.24, 2.45) is 5.92 Å². The van der Waals surface area contributed by atoms with Crippen LogP contribution in [0.15, 0.2) is 18.2 Å². The van der Waals surface area contributed by atoms with Crippen molar-refractivity contribution in [3.05, 3.63) is 35.4 Å². The molecule has 0 N–H and O–H groups in total. The van der Waals surface area contributed by atoms with E-state index in [1.807, 2.05) is 18.2 Å². The zero-order valence-electron chi connectivity index (χ0n) is 15.4. The van der Waals surface area contributed by atoms with Gasteiger partial charge in [-0.1, -0.05) is 25.3 Å². The molecule has 0 radical (unpaired) electrons. The molecule has 1 atom stereocenters. The summed E-state index contributed by atoms with van der Waals surface area (Å²) in [6.07, 6.45) is 6.78. The number of rotatable bonds is 5. The second-order valence-electron chi connectivity index (χ2n) is 7.01. The van der Waals surface area contributed by atoms with Crippen LogP contribution in [0.1, 0.15) is 55.2 Å². The molecule has 7 nitrogen and oxygen atoms in total. The molecule has 1 aliphatic heterocycles. The van der Waals surface area contributed by atoms with Crippen LogP contribution in [0.3, 0.4) is 0 Å². The van der Waals surface area contributed by atoms with Gasteiger partial charge < -0.3 is 14.2 Å². The van der Waals surface area contributed by atoms with Gasteiger partial charge in [-0.15, -0.1) is 0 Å². The SMILES string of the molecule is COc1nc(C#N)nc(C(Cc2ccc3c(c2)OCO3)C2CCCCC2)n1. The molecular formula is C20H22N4O3. The van der Waals surface area contributed by atoms with E-state index in [4.69, 9.17) is 14.2 Å². The highest BCUT2D eigenvalue weighted by Crippen LogP contribution is 2.39. The van der Waals surface area contributed by atoms with Gasteiger partial charge in [-0.3, -0.25) is 0 Å². The Balaban J connectivity index is 1.68. The average molecular weight is 366 g/mol. The summed E-state index contributed by atoms with van der Waals surface area (Å²) >= 11 is 0. The summed E-state index contributed by atoms with van der Waals surface area (Å²) in [5, 5.41) is 9.28. The van der Waals surface area contributed by atoms with Crippen molar-refractivity contribution < 1.29 is 14.2 Å². The molecule has 2 aromatic rings. The van der Waals surface area contributed by atoms with E-state index in [0.29, 0.717) is 11.7 Å². The maximum atomic E-state index is 9.28. The minimum Gasteiger partial charge on any atom is -0.467 e. The quantitative estimate of drug-likeness (QED) is 0.801. The van der Waals surface area contributed by atoms with E-state index < -0.39 is 0 Å². The Morgan fingerprint density at radius 1 is 1.15 bits per heavy atom. The maximum absolute atomic E-state index is 9.28. The molecule has 4 rings (SSSR count). The molecular weight excluding hydrogens is 344 g/mol. The molecule has 2 aliphatic rings. The lowest BCUT2D eigenvalue weighted by Gasteiger charge is -2.29. The van der Waals surface area contributed by atoms with Crippen LogP contribution in [0.25, 0.3) is 0 Å². The molecule has 1 fully saturated rings. The highest BCUT2D eigenvalue weighted by Gasteiger charge is 2.29. The van der Waals surface area contributed by atoms with Crippen LogP contribution in [0, 0.1) is 17.2 Å². The van der Waals surface area contributed by atoms with Gasteiger partial charge in [0.2, 0.25) is 12.6 Å². The Bertz CT molecular complexity index is 859. The molecule has 1 unspecified atom stereocenters. The maximum Gasteiger partial charge on any atom is 0.320 e. The zero-order valence-corrected chi connectivity index (χ0v) is 15.4. The predicted octanol–water partition coefficient (Wildman–Crippen LogP) is 3.39. The molecule has 140 valence electrons. The van der Waals surface area contributed by atoms with Gasteiger partial charge in [-0.2, -0.15) is 15.2 Å². The summed E-state index contributed by atoms with van der Waals surface area (Å²) in [5.41, 5.74) is 1.15. The Hall–Kier alpha value is -2.88. The number of nitriles is 1. The van der Waals surface area contributed by atoms with Crippen LogP contribution in [0.5, 0.6) is 17.5 Å². The summed E-state index contributed by atoms with van der Waals surface area (Å²) in [7, 11) is 1.51. The first-order valence-corrected chi connectivity index (χ1v) is 9.35. The second-order valence-corrected chi connectivity index (χ2v) is 7.01. The topological polar surface area (TPSA) is 90.2 Å². The molecule has 2 heterocycles. The van der Waals surface area contributed by atoms with E-state index >= 15 is 0 Å². The third-order valence-electron chi connectivity index (χ3n) is 5.36. The molecule has 0 amide bonds. The van der Waals surface area contributed by atoms with E-state index in [1.165, 1.54) is 26.4 Å². The molecule has 1 aromatic heterocycles. The van der Waals surface area contributed by atoms with Crippen molar-refractivity contribution in [1.29, 1.82) is 5.26 Å². The smallest absolute Gasteiger partial charge is 0.320 e. The van der Waals surface area contributed by atoms with Gasteiger partial charge in [0.15, 0.2) is 11.5 Å². The number of fused-ring (bicyclic) bond motifs is 1. The molecule has 1 aromatic carbocycles. The summed E-state index contributed by atoms with van der Waals surface area (Å²) in [4.78, 5) is 12.9. The molecule has 0 spiro atoms. The first-order valence-electron chi connectivity index (χ1n) is 9.35. The average Bonchev–Trinajstić information content (AvgIpc) is 3.20. The van der Waals surface area contributed by atoms with Crippen molar-refractivity contribution in [3.8, 4) is 23.6 Å². The molecule has 1 aliphatic carbocycles. The van der Waals surface area contributed by atoms with E-state index in [1.54, 1.807) is 0 Å². The van der Waals surface area contributed by atoms with Crippen molar-refractivity contribution >= 4 is 0 Å². The summed E-state index contributed by atoms with van der Waals surface area (Å²) in [6, 6.07) is 8.26. The lowest BCUT2D eigenvalue weighted by molar-refractivity contribution is 0.174. The predicted molar refractivity (Wildman–Crippen MR) is 96.7 cm³/mol. The largest absolute Gasteiger partial charge is 0.467 e. The summed E-state index contributed by atoms with van der Waals surface area (Å²) < 4.78 is 16.1. The van der Waals surface area contributed by atoms with Gasteiger partial charge in [0.25, 0.3) is 0 Å². The van der Waals surface area contributed by atoms with Crippen LogP contribution in [-0.4, -0.2) is 28.9 Å². The fourth-order valence-corrected chi connectivity index (χ4v) is 4.01.